The zero-order valence-electron chi connectivity index (χ0n) is 9.88. The Balaban J connectivity index is 2.78. The Morgan fingerprint density at radius 1 is 1.43 bits per heavy atom. The number of aryl methyl sites for hydroxylation is 1. The van der Waals surface area contributed by atoms with Gasteiger partial charge in [-0.1, -0.05) is 33.6 Å². The second-order valence-electron chi connectivity index (χ2n) is 4.42. The van der Waals surface area contributed by atoms with E-state index in [-0.39, 0.29) is 0 Å². The maximum absolute atomic E-state index is 4.26. The molecule has 1 atom stereocenters. The molecule has 0 aliphatic heterocycles. The van der Waals surface area contributed by atoms with E-state index in [0.717, 1.165) is 0 Å². The number of unbranched alkanes of at least 4 members (excludes halogenated alkanes) is 1. The summed E-state index contributed by atoms with van der Waals surface area (Å²) in [7, 11) is 1.99. The van der Waals surface area contributed by atoms with Crippen LogP contribution in [-0.2, 0) is 12.5 Å². The van der Waals surface area contributed by atoms with Crippen LogP contribution in [0, 0.1) is 0 Å². The van der Waals surface area contributed by atoms with E-state index in [1.165, 1.54) is 31.2 Å². The van der Waals surface area contributed by atoms with Crippen LogP contribution in [0.4, 0.5) is 0 Å². The summed E-state index contributed by atoms with van der Waals surface area (Å²) < 4.78 is 1.90. The fourth-order valence-corrected chi connectivity index (χ4v) is 1.83. The van der Waals surface area contributed by atoms with E-state index in [0.29, 0.717) is 5.41 Å². The molecule has 1 rings (SSSR count). The van der Waals surface area contributed by atoms with Gasteiger partial charge in [-0.3, -0.25) is 4.68 Å². The van der Waals surface area contributed by atoms with Crippen LogP contribution in [0.5, 0.6) is 0 Å². The molecular formula is C12H22N2. The second kappa shape index (κ2) is 4.63. The van der Waals surface area contributed by atoms with Crippen LogP contribution in [-0.4, -0.2) is 9.78 Å². The SMILES string of the molecule is CCCCC(C)(CC)c1cnn(C)c1. The Hall–Kier alpha value is -0.790. The maximum Gasteiger partial charge on any atom is 0.0527 e. The lowest BCUT2D eigenvalue weighted by Crippen LogP contribution is -2.20. The predicted molar refractivity (Wildman–Crippen MR) is 60.4 cm³/mol. The number of hydrogen-bond donors (Lipinski definition) is 0. The van der Waals surface area contributed by atoms with E-state index in [9.17, 15) is 0 Å². The minimum atomic E-state index is 0.324. The fraction of sp³-hybridized carbons (Fsp3) is 0.750. The lowest BCUT2D eigenvalue weighted by Gasteiger charge is -2.26. The molecule has 1 heterocycles. The Bertz CT molecular complexity index is 278. The van der Waals surface area contributed by atoms with Gasteiger partial charge in [0.15, 0.2) is 0 Å². The Morgan fingerprint density at radius 2 is 2.14 bits per heavy atom. The van der Waals surface area contributed by atoms with E-state index in [2.05, 4.69) is 32.1 Å². The molecule has 0 aliphatic rings. The molecule has 14 heavy (non-hydrogen) atoms. The standard InChI is InChI=1S/C12H22N2/c1-5-7-8-12(3,6-2)11-9-13-14(4)10-11/h9-10H,5-8H2,1-4H3. The highest BCUT2D eigenvalue weighted by molar-refractivity contribution is 5.17. The smallest absolute Gasteiger partial charge is 0.0527 e. The van der Waals surface area contributed by atoms with Crippen LogP contribution in [0.2, 0.25) is 0 Å². The van der Waals surface area contributed by atoms with E-state index < -0.39 is 0 Å². The summed E-state index contributed by atoms with van der Waals surface area (Å²) in [6, 6.07) is 0. The molecule has 0 radical (unpaired) electrons. The van der Waals surface area contributed by atoms with E-state index in [4.69, 9.17) is 0 Å². The lowest BCUT2D eigenvalue weighted by atomic mass is 9.77. The van der Waals surface area contributed by atoms with Gasteiger partial charge in [-0.2, -0.15) is 5.10 Å². The third kappa shape index (κ3) is 2.37. The summed E-state index contributed by atoms with van der Waals surface area (Å²) in [6.45, 7) is 6.86. The summed E-state index contributed by atoms with van der Waals surface area (Å²) in [4.78, 5) is 0. The van der Waals surface area contributed by atoms with Gasteiger partial charge in [0.2, 0.25) is 0 Å². The molecular weight excluding hydrogens is 172 g/mol. The molecule has 0 N–H and O–H groups in total. The van der Waals surface area contributed by atoms with Gasteiger partial charge >= 0.3 is 0 Å². The van der Waals surface area contributed by atoms with Crippen molar-refractivity contribution in [3.05, 3.63) is 18.0 Å². The Morgan fingerprint density at radius 3 is 2.57 bits per heavy atom. The number of hydrogen-bond acceptors (Lipinski definition) is 1. The van der Waals surface area contributed by atoms with Crippen molar-refractivity contribution < 1.29 is 0 Å². The molecule has 0 saturated heterocycles. The van der Waals surface area contributed by atoms with Gasteiger partial charge in [-0.05, 0) is 23.8 Å². The quantitative estimate of drug-likeness (QED) is 0.703. The number of rotatable bonds is 5. The molecule has 0 amide bonds. The topological polar surface area (TPSA) is 17.8 Å². The van der Waals surface area contributed by atoms with Crippen molar-refractivity contribution in [1.29, 1.82) is 0 Å². The van der Waals surface area contributed by atoms with E-state index in [1.807, 2.05) is 17.9 Å². The van der Waals surface area contributed by atoms with Crippen molar-refractivity contribution in [2.75, 3.05) is 0 Å². The van der Waals surface area contributed by atoms with E-state index >= 15 is 0 Å². The molecule has 80 valence electrons. The van der Waals surface area contributed by atoms with Crippen LogP contribution in [0.15, 0.2) is 12.4 Å². The summed E-state index contributed by atoms with van der Waals surface area (Å²) in [6.07, 6.45) is 9.21. The predicted octanol–water partition coefficient (Wildman–Crippen LogP) is 3.28. The van der Waals surface area contributed by atoms with Crippen molar-refractivity contribution in [3.63, 3.8) is 0 Å². The highest BCUT2D eigenvalue weighted by atomic mass is 15.2. The molecule has 0 fully saturated rings. The molecule has 1 unspecified atom stereocenters. The first-order valence-electron chi connectivity index (χ1n) is 5.61. The fourth-order valence-electron chi connectivity index (χ4n) is 1.83. The monoisotopic (exact) mass is 194 g/mol. The number of nitrogens with zero attached hydrogens (tertiary/aromatic N) is 2. The molecule has 1 aromatic rings. The van der Waals surface area contributed by atoms with Gasteiger partial charge in [0.1, 0.15) is 0 Å². The minimum Gasteiger partial charge on any atom is -0.276 e. The molecule has 2 nitrogen and oxygen atoms in total. The molecule has 0 aliphatic carbocycles. The molecule has 0 spiro atoms. The average molecular weight is 194 g/mol. The molecule has 0 bridgehead atoms. The van der Waals surface area contributed by atoms with Crippen LogP contribution in [0.25, 0.3) is 0 Å². The van der Waals surface area contributed by atoms with E-state index in [1.54, 1.807) is 0 Å². The van der Waals surface area contributed by atoms with Crippen molar-refractivity contribution >= 4 is 0 Å². The largest absolute Gasteiger partial charge is 0.276 e. The van der Waals surface area contributed by atoms with Crippen LogP contribution < -0.4 is 0 Å². The van der Waals surface area contributed by atoms with Crippen molar-refractivity contribution in [2.45, 2.75) is 51.9 Å². The minimum absolute atomic E-state index is 0.324. The summed E-state index contributed by atoms with van der Waals surface area (Å²) in [5, 5.41) is 4.26. The van der Waals surface area contributed by atoms with Gasteiger partial charge in [-0.15, -0.1) is 0 Å². The third-order valence-corrected chi connectivity index (χ3v) is 3.26. The van der Waals surface area contributed by atoms with Crippen LogP contribution in [0.3, 0.4) is 0 Å². The molecule has 2 heteroatoms. The summed E-state index contributed by atoms with van der Waals surface area (Å²) in [5.41, 5.74) is 1.71. The Labute approximate surface area is 87.3 Å². The first kappa shape index (κ1) is 11.3. The highest BCUT2D eigenvalue weighted by Gasteiger charge is 2.24. The third-order valence-electron chi connectivity index (χ3n) is 3.26. The lowest BCUT2D eigenvalue weighted by molar-refractivity contribution is 0.403. The highest BCUT2D eigenvalue weighted by Crippen LogP contribution is 2.32. The zero-order chi connectivity index (χ0) is 10.6. The normalized spacial score (nSPS) is 15.4. The van der Waals surface area contributed by atoms with Crippen molar-refractivity contribution in [1.82, 2.24) is 9.78 Å². The van der Waals surface area contributed by atoms with Crippen LogP contribution in [0.1, 0.15) is 52.0 Å². The number of aromatic nitrogens is 2. The van der Waals surface area contributed by atoms with Crippen LogP contribution >= 0.6 is 0 Å². The van der Waals surface area contributed by atoms with Crippen molar-refractivity contribution in [3.8, 4) is 0 Å². The zero-order valence-corrected chi connectivity index (χ0v) is 9.88. The first-order valence-corrected chi connectivity index (χ1v) is 5.61. The molecule has 1 aromatic heterocycles. The van der Waals surface area contributed by atoms with Gasteiger partial charge in [0, 0.05) is 13.2 Å². The summed E-state index contributed by atoms with van der Waals surface area (Å²) >= 11 is 0. The van der Waals surface area contributed by atoms with Gasteiger partial charge in [0.25, 0.3) is 0 Å². The summed E-state index contributed by atoms with van der Waals surface area (Å²) in [5.74, 6) is 0. The van der Waals surface area contributed by atoms with Gasteiger partial charge in [0.05, 0.1) is 6.20 Å². The average Bonchev–Trinajstić information content (AvgIpc) is 2.62. The van der Waals surface area contributed by atoms with Gasteiger partial charge in [-0.25, -0.2) is 0 Å². The maximum atomic E-state index is 4.26. The first-order chi connectivity index (χ1) is 6.62. The Kier molecular flexibility index (Phi) is 3.73. The van der Waals surface area contributed by atoms with Crippen molar-refractivity contribution in [2.24, 2.45) is 7.05 Å². The second-order valence-corrected chi connectivity index (χ2v) is 4.42. The molecule has 0 saturated carbocycles. The van der Waals surface area contributed by atoms with Gasteiger partial charge < -0.3 is 0 Å². The molecule has 0 aromatic carbocycles.